The third-order valence-electron chi connectivity index (χ3n) is 3.53. The lowest BCUT2D eigenvalue weighted by atomic mass is 10.1. The molecule has 24 heavy (non-hydrogen) atoms. The molecule has 0 aliphatic heterocycles. The number of aromatic nitrogens is 2. The van der Waals surface area contributed by atoms with E-state index in [9.17, 15) is 4.79 Å². The van der Waals surface area contributed by atoms with Gasteiger partial charge in [0.25, 0.3) is 0 Å². The van der Waals surface area contributed by atoms with Crippen LogP contribution in [0.1, 0.15) is 24.2 Å². The van der Waals surface area contributed by atoms with Crippen molar-refractivity contribution in [2.24, 2.45) is 0 Å². The Hall–Kier alpha value is -2.05. The SMILES string of the molecule is C[C@@H](NC(=O)Cc1csc(-c2ccccn2)n1)c1ccccc1Br. The van der Waals surface area contributed by atoms with E-state index in [-0.39, 0.29) is 18.4 Å². The molecule has 0 unspecified atom stereocenters. The van der Waals surface area contributed by atoms with Crippen molar-refractivity contribution in [3.05, 3.63) is 69.8 Å². The molecule has 6 heteroatoms. The highest BCUT2D eigenvalue weighted by atomic mass is 79.9. The normalized spacial score (nSPS) is 11.9. The van der Waals surface area contributed by atoms with Crippen LogP contribution in [0.15, 0.2) is 58.5 Å². The number of amides is 1. The van der Waals surface area contributed by atoms with Crippen LogP contribution < -0.4 is 5.32 Å². The van der Waals surface area contributed by atoms with Gasteiger partial charge in [0.1, 0.15) is 5.01 Å². The maximum Gasteiger partial charge on any atom is 0.226 e. The summed E-state index contributed by atoms with van der Waals surface area (Å²) in [6, 6.07) is 13.5. The second-order valence-corrected chi connectivity index (χ2v) is 7.06. The molecule has 0 saturated heterocycles. The fourth-order valence-corrected chi connectivity index (χ4v) is 3.78. The van der Waals surface area contributed by atoms with Gasteiger partial charge in [0.15, 0.2) is 0 Å². The number of carbonyl (C=O) groups is 1. The molecule has 1 amide bonds. The Morgan fingerprint density at radius 2 is 2.04 bits per heavy atom. The number of thiazole rings is 1. The van der Waals surface area contributed by atoms with Crippen LogP contribution in [0, 0.1) is 0 Å². The van der Waals surface area contributed by atoms with E-state index in [0.29, 0.717) is 0 Å². The maximum atomic E-state index is 12.3. The minimum atomic E-state index is -0.0676. The van der Waals surface area contributed by atoms with E-state index in [0.717, 1.165) is 26.4 Å². The van der Waals surface area contributed by atoms with Gasteiger partial charge in [-0.1, -0.05) is 40.2 Å². The van der Waals surface area contributed by atoms with Crippen molar-refractivity contribution in [2.75, 3.05) is 0 Å². The van der Waals surface area contributed by atoms with Crippen molar-refractivity contribution < 1.29 is 4.79 Å². The smallest absolute Gasteiger partial charge is 0.226 e. The minimum Gasteiger partial charge on any atom is -0.349 e. The topological polar surface area (TPSA) is 54.9 Å². The van der Waals surface area contributed by atoms with Crippen LogP contribution in [0.3, 0.4) is 0 Å². The van der Waals surface area contributed by atoms with E-state index in [1.165, 1.54) is 11.3 Å². The molecule has 0 aliphatic carbocycles. The highest BCUT2D eigenvalue weighted by Crippen LogP contribution is 2.24. The molecule has 0 aliphatic rings. The van der Waals surface area contributed by atoms with Crippen molar-refractivity contribution in [1.82, 2.24) is 15.3 Å². The zero-order valence-corrected chi connectivity index (χ0v) is 15.5. The maximum absolute atomic E-state index is 12.3. The largest absolute Gasteiger partial charge is 0.349 e. The second kappa shape index (κ2) is 7.68. The molecule has 1 N–H and O–H groups in total. The summed E-state index contributed by atoms with van der Waals surface area (Å²) < 4.78 is 0.990. The third-order valence-corrected chi connectivity index (χ3v) is 5.16. The lowest BCUT2D eigenvalue weighted by molar-refractivity contribution is -0.121. The third kappa shape index (κ3) is 4.07. The molecule has 1 atom stereocenters. The summed E-state index contributed by atoms with van der Waals surface area (Å²) in [6.07, 6.45) is 2.00. The van der Waals surface area contributed by atoms with Gasteiger partial charge in [-0.2, -0.15) is 0 Å². The zero-order valence-electron chi connectivity index (χ0n) is 13.1. The van der Waals surface area contributed by atoms with E-state index in [4.69, 9.17) is 0 Å². The number of hydrogen-bond acceptors (Lipinski definition) is 4. The Bertz CT molecular complexity index is 835. The molecule has 3 aromatic rings. The number of nitrogens with one attached hydrogen (secondary N) is 1. The van der Waals surface area contributed by atoms with E-state index in [1.54, 1.807) is 6.20 Å². The number of nitrogens with zero attached hydrogens (tertiary/aromatic N) is 2. The standard InChI is InChI=1S/C18H16BrN3OS/c1-12(14-6-2-3-7-15(14)19)21-17(23)10-13-11-24-18(22-13)16-8-4-5-9-20-16/h2-9,11-12H,10H2,1H3,(H,21,23)/t12-/m1/s1. The first kappa shape index (κ1) is 16.8. The molecular weight excluding hydrogens is 386 g/mol. The van der Waals surface area contributed by atoms with E-state index in [1.807, 2.05) is 54.8 Å². The van der Waals surface area contributed by atoms with Crippen LogP contribution in [0.4, 0.5) is 0 Å². The number of carbonyl (C=O) groups excluding carboxylic acids is 1. The number of hydrogen-bond donors (Lipinski definition) is 1. The van der Waals surface area contributed by atoms with Gasteiger partial charge < -0.3 is 5.32 Å². The Balaban J connectivity index is 1.63. The Labute approximate surface area is 153 Å². The average Bonchev–Trinajstić information content (AvgIpc) is 3.04. The average molecular weight is 402 g/mol. The number of benzene rings is 1. The Morgan fingerprint density at radius 3 is 2.79 bits per heavy atom. The second-order valence-electron chi connectivity index (χ2n) is 5.35. The van der Waals surface area contributed by atoms with Gasteiger partial charge in [-0.25, -0.2) is 4.98 Å². The van der Waals surface area contributed by atoms with Crippen LogP contribution in [-0.4, -0.2) is 15.9 Å². The summed E-state index contributed by atoms with van der Waals surface area (Å²) in [5, 5.41) is 5.75. The minimum absolute atomic E-state index is 0.0453. The predicted octanol–water partition coefficient (Wildman–Crippen LogP) is 4.39. The molecule has 0 radical (unpaired) electrons. The molecule has 0 saturated carbocycles. The lowest BCUT2D eigenvalue weighted by Gasteiger charge is -2.15. The molecule has 3 rings (SSSR count). The summed E-state index contributed by atoms with van der Waals surface area (Å²) >= 11 is 5.02. The van der Waals surface area contributed by atoms with Crippen LogP contribution in [0.5, 0.6) is 0 Å². The van der Waals surface area contributed by atoms with Gasteiger partial charge in [0.2, 0.25) is 5.91 Å². The number of rotatable bonds is 5. The van der Waals surface area contributed by atoms with E-state index >= 15 is 0 Å². The van der Waals surface area contributed by atoms with Crippen LogP contribution >= 0.6 is 27.3 Å². The summed E-state index contributed by atoms with van der Waals surface area (Å²) in [6.45, 7) is 1.97. The van der Waals surface area contributed by atoms with E-state index in [2.05, 4.69) is 31.2 Å². The fourth-order valence-electron chi connectivity index (χ4n) is 2.36. The zero-order chi connectivity index (χ0) is 16.9. The van der Waals surface area contributed by atoms with Crippen LogP contribution in [0.2, 0.25) is 0 Å². The van der Waals surface area contributed by atoms with Gasteiger partial charge in [0.05, 0.1) is 23.9 Å². The highest BCUT2D eigenvalue weighted by Gasteiger charge is 2.14. The van der Waals surface area contributed by atoms with Gasteiger partial charge in [-0.15, -0.1) is 11.3 Å². The molecule has 2 heterocycles. The molecule has 0 spiro atoms. The summed E-state index contributed by atoms with van der Waals surface area (Å²) in [5.74, 6) is -0.0453. The number of pyridine rings is 1. The molecule has 0 fully saturated rings. The van der Waals surface area contributed by atoms with Crippen LogP contribution in [-0.2, 0) is 11.2 Å². The van der Waals surface area contributed by atoms with Crippen molar-refractivity contribution in [3.63, 3.8) is 0 Å². The first-order valence-corrected chi connectivity index (χ1v) is 9.20. The molecule has 4 nitrogen and oxygen atoms in total. The lowest BCUT2D eigenvalue weighted by Crippen LogP contribution is -2.28. The van der Waals surface area contributed by atoms with Gasteiger partial charge >= 0.3 is 0 Å². The van der Waals surface area contributed by atoms with Crippen LogP contribution in [0.25, 0.3) is 10.7 Å². The highest BCUT2D eigenvalue weighted by molar-refractivity contribution is 9.10. The molecule has 1 aromatic carbocycles. The van der Waals surface area contributed by atoms with Crippen molar-refractivity contribution >= 4 is 33.2 Å². The van der Waals surface area contributed by atoms with Crippen molar-refractivity contribution in [2.45, 2.75) is 19.4 Å². The summed E-state index contributed by atoms with van der Waals surface area (Å²) in [7, 11) is 0. The predicted molar refractivity (Wildman–Crippen MR) is 99.7 cm³/mol. The van der Waals surface area contributed by atoms with Crippen molar-refractivity contribution in [3.8, 4) is 10.7 Å². The quantitative estimate of drug-likeness (QED) is 0.689. The van der Waals surface area contributed by atoms with Gasteiger partial charge in [0, 0.05) is 16.0 Å². The molecular formula is C18H16BrN3OS. The first-order valence-electron chi connectivity index (χ1n) is 7.53. The summed E-state index contributed by atoms with van der Waals surface area (Å²) in [4.78, 5) is 21.1. The number of halogens is 1. The Morgan fingerprint density at radius 1 is 1.25 bits per heavy atom. The van der Waals surface area contributed by atoms with Gasteiger partial charge in [-0.05, 0) is 30.7 Å². The van der Waals surface area contributed by atoms with Gasteiger partial charge in [-0.3, -0.25) is 9.78 Å². The Kier molecular flexibility index (Phi) is 5.37. The molecule has 0 bridgehead atoms. The fraction of sp³-hybridized carbons (Fsp3) is 0.167. The van der Waals surface area contributed by atoms with E-state index < -0.39 is 0 Å². The first-order chi connectivity index (χ1) is 11.6. The molecule has 2 aromatic heterocycles. The van der Waals surface area contributed by atoms with Crippen molar-refractivity contribution in [1.29, 1.82) is 0 Å². The monoisotopic (exact) mass is 401 g/mol. The summed E-state index contributed by atoms with van der Waals surface area (Å²) in [5.41, 5.74) is 2.64. The molecule has 122 valence electrons.